The molecule has 4 heteroatoms. The molecular formula is C4H8N2O2. The van der Waals surface area contributed by atoms with Crippen LogP contribution in [-0.2, 0) is 0 Å². The Morgan fingerprint density at radius 2 is 2.50 bits per heavy atom. The maximum atomic E-state index is 10.3. The fourth-order valence-electron chi connectivity index (χ4n) is 0.597. The largest absolute Gasteiger partial charge is 0.374 e. The summed E-state index contributed by atoms with van der Waals surface area (Å²) in [6.45, 7) is 0.562. The summed E-state index contributed by atoms with van der Waals surface area (Å²) < 4.78 is 0. The fraction of sp³-hybridized carbons (Fsp3) is 0.750. The zero-order valence-electron chi connectivity index (χ0n) is 4.35. The van der Waals surface area contributed by atoms with Gasteiger partial charge >= 0.3 is 6.03 Å². The van der Waals surface area contributed by atoms with Gasteiger partial charge in [-0.15, -0.1) is 0 Å². The van der Waals surface area contributed by atoms with Crippen LogP contribution >= 0.6 is 0 Å². The first-order valence-corrected chi connectivity index (χ1v) is 2.51. The molecule has 1 aliphatic heterocycles. The number of aliphatic hydroxyl groups excluding tert-OH is 1. The van der Waals surface area contributed by atoms with Gasteiger partial charge in [-0.05, 0) is 0 Å². The highest BCUT2D eigenvalue weighted by Gasteiger charge is 2.12. The molecular weight excluding hydrogens is 108 g/mol. The molecule has 1 rings (SSSR count). The quantitative estimate of drug-likeness (QED) is 0.380. The molecule has 0 aromatic heterocycles. The Morgan fingerprint density at radius 1 is 1.75 bits per heavy atom. The van der Waals surface area contributed by atoms with Gasteiger partial charge in [0.2, 0.25) is 0 Å². The minimum Gasteiger partial charge on any atom is -0.374 e. The summed E-state index contributed by atoms with van der Waals surface area (Å²) in [6.07, 6.45) is -0.0603. The highest BCUT2D eigenvalue weighted by Crippen LogP contribution is 1.89. The zero-order valence-corrected chi connectivity index (χ0v) is 4.35. The summed E-state index contributed by atoms with van der Waals surface area (Å²) in [5, 5.41) is 13.5. The zero-order chi connectivity index (χ0) is 5.98. The van der Waals surface area contributed by atoms with Crippen LogP contribution in [0.15, 0.2) is 0 Å². The SMILES string of the molecule is O=C1NCC[C@H](O)N1. The molecule has 0 aromatic rings. The molecule has 3 N–H and O–H groups in total. The first-order valence-electron chi connectivity index (χ1n) is 2.51. The average Bonchev–Trinajstić information content (AvgIpc) is 1.64. The predicted octanol–water partition coefficient (Wildman–Crippen LogP) is -0.992. The molecule has 4 nitrogen and oxygen atoms in total. The molecule has 0 saturated carbocycles. The molecule has 0 radical (unpaired) electrons. The van der Waals surface area contributed by atoms with Crippen LogP contribution in [0.5, 0.6) is 0 Å². The van der Waals surface area contributed by atoms with Crippen LogP contribution in [0.1, 0.15) is 6.42 Å². The van der Waals surface area contributed by atoms with Crippen molar-refractivity contribution in [3.8, 4) is 0 Å². The number of rotatable bonds is 0. The Balaban J connectivity index is 2.34. The van der Waals surface area contributed by atoms with Gasteiger partial charge in [-0.2, -0.15) is 0 Å². The number of amides is 2. The lowest BCUT2D eigenvalue weighted by Crippen LogP contribution is -2.48. The summed E-state index contributed by atoms with van der Waals surface area (Å²) in [4.78, 5) is 10.3. The number of urea groups is 1. The molecule has 1 saturated heterocycles. The standard InChI is InChI=1S/C4H8N2O2/c7-3-1-2-5-4(8)6-3/h3,7H,1-2H2,(H2,5,6,8)/t3-/m0/s1. The third-order valence-electron chi connectivity index (χ3n) is 1.00. The van der Waals surface area contributed by atoms with E-state index in [4.69, 9.17) is 5.11 Å². The average molecular weight is 116 g/mol. The van der Waals surface area contributed by atoms with E-state index in [0.29, 0.717) is 13.0 Å². The van der Waals surface area contributed by atoms with E-state index in [0.717, 1.165) is 0 Å². The molecule has 8 heavy (non-hydrogen) atoms. The Morgan fingerprint density at radius 3 is 2.88 bits per heavy atom. The summed E-state index contributed by atoms with van der Waals surface area (Å²) >= 11 is 0. The minimum atomic E-state index is -0.649. The monoisotopic (exact) mass is 116 g/mol. The van der Waals surface area contributed by atoms with Gasteiger partial charge in [0.15, 0.2) is 0 Å². The van der Waals surface area contributed by atoms with Crippen molar-refractivity contribution >= 4 is 6.03 Å². The topological polar surface area (TPSA) is 61.4 Å². The second kappa shape index (κ2) is 2.00. The summed E-state index contributed by atoms with van der Waals surface area (Å²) in [5.41, 5.74) is 0. The minimum absolute atomic E-state index is 0.288. The highest BCUT2D eigenvalue weighted by molar-refractivity contribution is 5.74. The number of carbonyl (C=O) groups excluding carboxylic acids is 1. The van der Waals surface area contributed by atoms with Crippen LogP contribution in [0.25, 0.3) is 0 Å². The van der Waals surface area contributed by atoms with Crippen LogP contribution in [-0.4, -0.2) is 23.9 Å². The van der Waals surface area contributed by atoms with Gasteiger partial charge in [-0.1, -0.05) is 0 Å². The lowest BCUT2D eigenvalue weighted by molar-refractivity contribution is 0.119. The van der Waals surface area contributed by atoms with E-state index in [-0.39, 0.29) is 6.03 Å². The van der Waals surface area contributed by atoms with Crippen molar-refractivity contribution in [3.63, 3.8) is 0 Å². The van der Waals surface area contributed by atoms with Crippen LogP contribution in [0.4, 0.5) is 4.79 Å². The van der Waals surface area contributed by atoms with Crippen LogP contribution in [0.3, 0.4) is 0 Å². The molecule has 1 atom stereocenters. The summed E-state index contributed by atoms with van der Waals surface area (Å²) in [6, 6.07) is -0.288. The fourth-order valence-corrected chi connectivity index (χ4v) is 0.597. The lowest BCUT2D eigenvalue weighted by atomic mass is 10.3. The van der Waals surface area contributed by atoms with Crippen molar-refractivity contribution in [2.24, 2.45) is 0 Å². The maximum absolute atomic E-state index is 10.3. The van der Waals surface area contributed by atoms with Gasteiger partial charge in [0.25, 0.3) is 0 Å². The van der Waals surface area contributed by atoms with Crippen LogP contribution in [0, 0.1) is 0 Å². The summed E-state index contributed by atoms with van der Waals surface area (Å²) in [5.74, 6) is 0. The van der Waals surface area contributed by atoms with Crippen LogP contribution in [0.2, 0.25) is 0 Å². The second-order valence-electron chi connectivity index (χ2n) is 1.70. The van der Waals surface area contributed by atoms with Gasteiger partial charge in [-0.3, -0.25) is 0 Å². The molecule has 0 spiro atoms. The van der Waals surface area contributed by atoms with E-state index in [2.05, 4.69) is 10.6 Å². The van der Waals surface area contributed by atoms with Gasteiger partial charge < -0.3 is 15.7 Å². The normalized spacial score (nSPS) is 28.6. The van der Waals surface area contributed by atoms with Gasteiger partial charge in [-0.25, -0.2) is 4.79 Å². The molecule has 1 aliphatic rings. The molecule has 2 amide bonds. The molecule has 1 heterocycles. The lowest BCUT2D eigenvalue weighted by Gasteiger charge is -2.18. The third kappa shape index (κ3) is 1.10. The van der Waals surface area contributed by atoms with Crippen LogP contribution < -0.4 is 10.6 Å². The number of hydrogen-bond donors (Lipinski definition) is 3. The molecule has 0 bridgehead atoms. The Hall–Kier alpha value is -0.770. The summed E-state index contributed by atoms with van der Waals surface area (Å²) in [7, 11) is 0. The van der Waals surface area contributed by atoms with E-state index in [1.807, 2.05) is 0 Å². The van der Waals surface area contributed by atoms with Crippen molar-refractivity contribution < 1.29 is 9.90 Å². The van der Waals surface area contributed by atoms with Gasteiger partial charge in [0.05, 0.1) is 0 Å². The molecule has 1 fully saturated rings. The van der Waals surface area contributed by atoms with Gasteiger partial charge in [0.1, 0.15) is 6.23 Å². The first-order chi connectivity index (χ1) is 3.79. The van der Waals surface area contributed by atoms with Gasteiger partial charge in [0, 0.05) is 13.0 Å². The maximum Gasteiger partial charge on any atom is 0.316 e. The van der Waals surface area contributed by atoms with E-state index < -0.39 is 6.23 Å². The van der Waals surface area contributed by atoms with Crippen molar-refractivity contribution in [1.29, 1.82) is 0 Å². The molecule has 0 unspecified atom stereocenters. The predicted molar refractivity (Wildman–Crippen MR) is 27.2 cm³/mol. The highest BCUT2D eigenvalue weighted by atomic mass is 16.3. The van der Waals surface area contributed by atoms with Crippen molar-refractivity contribution in [3.05, 3.63) is 0 Å². The number of carbonyl (C=O) groups is 1. The number of aliphatic hydroxyl groups is 1. The molecule has 0 aromatic carbocycles. The second-order valence-corrected chi connectivity index (χ2v) is 1.70. The number of hydrogen-bond acceptors (Lipinski definition) is 2. The van der Waals surface area contributed by atoms with E-state index in [9.17, 15) is 4.79 Å². The van der Waals surface area contributed by atoms with E-state index in [1.54, 1.807) is 0 Å². The van der Waals surface area contributed by atoms with Crippen molar-refractivity contribution in [2.75, 3.05) is 6.54 Å². The number of nitrogens with one attached hydrogen (secondary N) is 2. The Labute approximate surface area is 46.9 Å². The van der Waals surface area contributed by atoms with E-state index >= 15 is 0 Å². The Kier molecular flexibility index (Phi) is 1.34. The Bertz CT molecular complexity index is 104. The third-order valence-corrected chi connectivity index (χ3v) is 1.00. The van der Waals surface area contributed by atoms with Crippen molar-refractivity contribution in [1.82, 2.24) is 10.6 Å². The van der Waals surface area contributed by atoms with Crippen molar-refractivity contribution in [2.45, 2.75) is 12.6 Å². The molecule has 0 aliphatic carbocycles. The smallest absolute Gasteiger partial charge is 0.316 e. The van der Waals surface area contributed by atoms with E-state index in [1.165, 1.54) is 0 Å². The first kappa shape index (κ1) is 5.37. The molecule has 46 valence electrons.